The molecule has 0 aliphatic rings. The molecular weight excluding hydrogens is 562 g/mol. The van der Waals surface area contributed by atoms with Gasteiger partial charge in [0, 0.05) is 31.7 Å². The third-order valence-electron chi connectivity index (χ3n) is 6.32. The summed E-state index contributed by atoms with van der Waals surface area (Å²) >= 11 is 0. The van der Waals surface area contributed by atoms with Crippen molar-refractivity contribution in [1.82, 2.24) is 20.3 Å². The van der Waals surface area contributed by atoms with Gasteiger partial charge >= 0.3 is 0 Å². The van der Waals surface area contributed by atoms with E-state index in [2.05, 4.69) is 36.2 Å². The van der Waals surface area contributed by atoms with Crippen molar-refractivity contribution >= 4 is 23.8 Å². The Hall–Kier alpha value is -4.94. The number of carbonyl (C=O) groups excluding carboxylic acids is 1. The molecule has 0 aliphatic heterocycles. The lowest BCUT2D eigenvalue weighted by Crippen LogP contribution is -2.27. The number of hydrogen-bond acceptors (Lipinski definition) is 11. The normalized spacial score (nSPS) is 10.6. The molecule has 232 valence electrons. The molecule has 44 heavy (non-hydrogen) atoms. The van der Waals surface area contributed by atoms with Crippen LogP contribution in [-0.2, 0) is 22.6 Å². The van der Waals surface area contributed by atoms with E-state index in [1.54, 1.807) is 26.4 Å². The Morgan fingerprint density at radius 1 is 0.591 bits per heavy atom. The van der Waals surface area contributed by atoms with Crippen molar-refractivity contribution in [3.8, 4) is 11.5 Å². The molecule has 4 N–H and O–H groups in total. The molecule has 12 nitrogen and oxygen atoms in total. The summed E-state index contributed by atoms with van der Waals surface area (Å²) in [5, 5.41) is 12.6. The Kier molecular flexibility index (Phi) is 13.0. The first kappa shape index (κ1) is 32.0. The maximum absolute atomic E-state index is 12.0. The quantitative estimate of drug-likeness (QED) is 0.116. The molecule has 0 bridgehead atoms. The first-order chi connectivity index (χ1) is 21.6. The summed E-state index contributed by atoms with van der Waals surface area (Å²) in [5.74, 6) is 2.77. The van der Waals surface area contributed by atoms with Crippen LogP contribution in [0.25, 0.3) is 0 Å². The predicted octanol–water partition coefficient (Wildman–Crippen LogP) is 3.99. The fraction of sp³-hybridized carbons (Fsp3) is 0.312. The van der Waals surface area contributed by atoms with E-state index in [1.807, 2.05) is 66.7 Å². The van der Waals surface area contributed by atoms with Gasteiger partial charge in [-0.2, -0.15) is 15.0 Å². The minimum atomic E-state index is -0.118. The molecular formula is C32H39N7O5. The number of amides is 1. The average Bonchev–Trinajstić information content (AvgIpc) is 3.08. The van der Waals surface area contributed by atoms with Crippen LogP contribution >= 0.6 is 0 Å². The Balaban J connectivity index is 1.20. The van der Waals surface area contributed by atoms with Gasteiger partial charge in [0.2, 0.25) is 17.8 Å². The second-order valence-corrected chi connectivity index (χ2v) is 9.48. The lowest BCUT2D eigenvalue weighted by molar-refractivity contribution is 0.0519. The zero-order valence-corrected chi connectivity index (χ0v) is 25.0. The molecule has 0 radical (unpaired) electrons. The molecule has 0 spiro atoms. The number of methoxy groups -OCH3 is 2. The Morgan fingerprint density at radius 3 is 1.57 bits per heavy atom. The van der Waals surface area contributed by atoms with Crippen LogP contribution in [0.3, 0.4) is 0 Å². The Labute approximate surface area is 257 Å². The fourth-order valence-corrected chi connectivity index (χ4v) is 3.95. The maximum Gasteiger partial charge on any atom is 0.251 e. The molecule has 0 saturated carbocycles. The monoisotopic (exact) mass is 601 g/mol. The van der Waals surface area contributed by atoms with Gasteiger partial charge in [-0.25, -0.2) is 0 Å². The van der Waals surface area contributed by atoms with Crippen LogP contribution in [0.5, 0.6) is 11.5 Å². The number of carbonyl (C=O) groups is 1. The van der Waals surface area contributed by atoms with E-state index in [4.69, 9.17) is 18.9 Å². The number of anilines is 3. The zero-order chi connectivity index (χ0) is 30.8. The zero-order valence-electron chi connectivity index (χ0n) is 25.0. The largest absolute Gasteiger partial charge is 0.497 e. The van der Waals surface area contributed by atoms with Crippen LogP contribution in [0, 0.1) is 0 Å². The summed E-state index contributed by atoms with van der Waals surface area (Å²) in [6.45, 7) is 3.67. The maximum atomic E-state index is 12.0. The minimum Gasteiger partial charge on any atom is -0.497 e. The van der Waals surface area contributed by atoms with Crippen LogP contribution < -0.4 is 30.7 Å². The first-order valence-corrected chi connectivity index (χ1v) is 14.3. The van der Waals surface area contributed by atoms with Crippen LogP contribution in [0.2, 0.25) is 0 Å². The van der Waals surface area contributed by atoms with Gasteiger partial charge < -0.3 is 40.2 Å². The van der Waals surface area contributed by atoms with Crippen molar-refractivity contribution < 1.29 is 23.7 Å². The van der Waals surface area contributed by atoms with Gasteiger partial charge in [0.25, 0.3) is 5.91 Å². The molecule has 0 saturated heterocycles. The average molecular weight is 602 g/mol. The van der Waals surface area contributed by atoms with Crippen LogP contribution in [0.4, 0.5) is 17.8 Å². The van der Waals surface area contributed by atoms with Crippen molar-refractivity contribution in [2.24, 2.45) is 0 Å². The molecule has 0 aliphatic carbocycles. The number of aromatic nitrogens is 3. The second kappa shape index (κ2) is 17.9. The van der Waals surface area contributed by atoms with E-state index < -0.39 is 0 Å². The summed E-state index contributed by atoms with van der Waals surface area (Å²) in [6, 6.07) is 24.7. The molecule has 1 heterocycles. The number of rotatable bonds is 19. The summed E-state index contributed by atoms with van der Waals surface area (Å²) in [4.78, 5) is 25.6. The van der Waals surface area contributed by atoms with Crippen molar-refractivity contribution in [3.05, 3.63) is 95.6 Å². The van der Waals surface area contributed by atoms with E-state index in [9.17, 15) is 4.79 Å². The standard InChI is InChI=1S/C32H39N7O5/c1-41-27-12-8-24(9-13-27)22-35-31-37-30(38-32(39-31)36-23-25-10-14-28(42-2)15-11-25)34-17-19-44-21-20-43-18-16-33-29(40)26-6-4-3-5-7-26/h3-15H,16-23H2,1-2H3,(H,33,40)(H3,34,35,36,37,38,39). The summed E-state index contributed by atoms with van der Waals surface area (Å²) in [5.41, 5.74) is 2.74. The summed E-state index contributed by atoms with van der Waals surface area (Å²) in [7, 11) is 3.28. The van der Waals surface area contributed by atoms with Gasteiger partial charge in [-0.15, -0.1) is 0 Å². The lowest BCUT2D eigenvalue weighted by atomic mass is 10.2. The van der Waals surface area contributed by atoms with Gasteiger partial charge in [0.05, 0.1) is 40.6 Å². The van der Waals surface area contributed by atoms with Crippen LogP contribution in [0.15, 0.2) is 78.9 Å². The van der Waals surface area contributed by atoms with Gasteiger partial charge in [0.1, 0.15) is 11.5 Å². The first-order valence-electron chi connectivity index (χ1n) is 14.3. The minimum absolute atomic E-state index is 0.118. The molecule has 1 aromatic heterocycles. The molecule has 0 atom stereocenters. The Morgan fingerprint density at radius 2 is 1.07 bits per heavy atom. The molecule has 0 unspecified atom stereocenters. The van der Waals surface area contributed by atoms with Crippen LogP contribution in [0.1, 0.15) is 21.5 Å². The van der Waals surface area contributed by atoms with Crippen molar-refractivity contribution in [2.75, 3.05) is 69.7 Å². The molecule has 12 heteroatoms. The molecule has 1 amide bonds. The third-order valence-corrected chi connectivity index (χ3v) is 6.32. The highest BCUT2D eigenvalue weighted by Crippen LogP contribution is 2.16. The molecule has 0 fully saturated rings. The topological polar surface area (TPSA) is 141 Å². The molecule has 4 rings (SSSR count). The van der Waals surface area contributed by atoms with E-state index in [1.165, 1.54) is 0 Å². The molecule has 4 aromatic rings. The van der Waals surface area contributed by atoms with Gasteiger partial charge in [-0.05, 0) is 47.5 Å². The highest BCUT2D eigenvalue weighted by atomic mass is 16.5. The number of nitrogens with one attached hydrogen (secondary N) is 4. The fourth-order valence-electron chi connectivity index (χ4n) is 3.95. The van der Waals surface area contributed by atoms with Crippen molar-refractivity contribution in [1.29, 1.82) is 0 Å². The highest BCUT2D eigenvalue weighted by Gasteiger charge is 2.08. The van der Waals surface area contributed by atoms with Gasteiger partial charge in [-0.3, -0.25) is 4.79 Å². The second-order valence-electron chi connectivity index (χ2n) is 9.48. The number of ether oxygens (including phenoxy) is 4. The molecule has 3 aromatic carbocycles. The van der Waals surface area contributed by atoms with Crippen molar-refractivity contribution in [2.45, 2.75) is 13.1 Å². The SMILES string of the molecule is COc1ccc(CNc2nc(NCCOCCOCCNC(=O)c3ccccc3)nc(NCc3ccc(OC)cc3)n2)cc1. The van der Waals surface area contributed by atoms with E-state index >= 15 is 0 Å². The lowest BCUT2D eigenvalue weighted by Gasteiger charge is -2.12. The van der Waals surface area contributed by atoms with Crippen LogP contribution in [-0.4, -0.2) is 74.6 Å². The van der Waals surface area contributed by atoms with E-state index in [-0.39, 0.29) is 5.91 Å². The number of hydrogen-bond donors (Lipinski definition) is 4. The summed E-state index contributed by atoms with van der Waals surface area (Å²) in [6.07, 6.45) is 0. The van der Waals surface area contributed by atoms with E-state index in [0.29, 0.717) is 76.0 Å². The number of benzene rings is 3. The highest BCUT2D eigenvalue weighted by molar-refractivity contribution is 5.94. The number of nitrogens with zero attached hydrogens (tertiary/aromatic N) is 3. The summed E-state index contributed by atoms with van der Waals surface area (Å²) < 4.78 is 21.7. The van der Waals surface area contributed by atoms with Gasteiger partial charge in [0.15, 0.2) is 0 Å². The van der Waals surface area contributed by atoms with Gasteiger partial charge in [-0.1, -0.05) is 42.5 Å². The van der Waals surface area contributed by atoms with Crippen molar-refractivity contribution in [3.63, 3.8) is 0 Å². The van der Waals surface area contributed by atoms with E-state index in [0.717, 1.165) is 22.6 Å². The third kappa shape index (κ3) is 11.0. The predicted molar refractivity (Wildman–Crippen MR) is 169 cm³/mol. The smallest absolute Gasteiger partial charge is 0.251 e. The Bertz CT molecular complexity index is 1340.